The lowest BCUT2D eigenvalue weighted by Crippen LogP contribution is -2.25. The van der Waals surface area contributed by atoms with Gasteiger partial charge in [-0.3, -0.25) is 4.79 Å². The summed E-state index contributed by atoms with van der Waals surface area (Å²) < 4.78 is 19.5. The Bertz CT molecular complexity index is 878. The third kappa shape index (κ3) is 4.08. The van der Waals surface area contributed by atoms with Gasteiger partial charge in [0.15, 0.2) is 0 Å². The molecule has 0 spiro atoms. The van der Waals surface area contributed by atoms with Crippen LogP contribution in [0.3, 0.4) is 0 Å². The molecule has 1 N–H and O–H groups in total. The van der Waals surface area contributed by atoms with Crippen molar-refractivity contribution in [3.63, 3.8) is 0 Å². The van der Waals surface area contributed by atoms with Gasteiger partial charge in [-0.1, -0.05) is 36.4 Å². The third-order valence-corrected chi connectivity index (χ3v) is 4.00. The van der Waals surface area contributed by atoms with Crippen molar-refractivity contribution in [2.45, 2.75) is 38.7 Å². The molecule has 0 amide bonds. The number of esters is 1. The molecule has 2 aromatic carbocycles. The van der Waals surface area contributed by atoms with Crippen molar-refractivity contribution in [1.82, 2.24) is 4.98 Å². The molecule has 1 heterocycles. The maximum Gasteiger partial charge on any atom is 0.307 e. The topological polar surface area (TPSA) is 42.1 Å². The Kier molecular flexibility index (Phi) is 4.62. The fourth-order valence-electron chi connectivity index (χ4n) is 2.97. The van der Waals surface area contributed by atoms with Crippen LogP contribution >= 0.6 is 0 Å². The van der Waals surface area contributed by atoms with Crippen molar-refractivity contribution in [3.05, 3.63) is 71.7 Å². The highest BCUT2D eigenvalue weighted by molar-refractivity contribution is 5.82. The fraction of sp³-hybridized carbons (Fsp3) is 0.286. The van der Waals surface area contributed by atoms with E-state index in [0.717, 1.165) is 16.8 Å². The quantitative estimate of drug-likeness (QED) is 0.666. The lowest BCUT2D eigenvalue weighted by Gasteiger charge is -2.22. The first-order valence-corrected chi connectivity index (χ1v) is 8.37. The summed E-state index contributed by atoms with van der Waals surface area (Å²) in [5.74, 6) is -0.771. The molecule has 0 aliphatic heterocycles. The van der Waals surface area contributed by atoms with E-state index in [1.54, 1.807) is 12.1 Å². The first-order chi connectivity index (χ1) is 11.8. The highest BCUT2D eigenvalue weighted by Gasteiger charge is 2.24. The predicted molar refractivity (Wildman–Crippen MR) is 97.0 cm³/mol. The van der Waals surface area contributed by atoms with Gasteiger partial charge in [-0.05, 0) is 44.5 Å². The third-order valence-electron chi connectivity index (χ3n) is 4.00. The molecule has 130 valence electrons. The van der Waals surface area contributed by atoms with Crippen LogP contribution in [0.5, 0.6) is 0 Å². The number of nitrogens with one attached hydrogen (secondary N) is 1. The van der Waals surface area contributed by atoms with Crippen LogP contribution in [-0.2, 0) is 9.53 Å². The van der Waals surface area contributed by atoms with Gasteiger partial charge in [-0.25, -0.2) is 4.39 Å². The number of carbonyl (C=O) groups excluding carboxylic acids is 1. The second-order valence-corrected chi connectivity index (χ2v) is 7.18. The second-order valence-electron chi connectivity index (χ2n) is 7.18. The van der Waals surface area contributed by atoms with Gasteiger partial charge in [0.1, 0.15) is 11.4 Å². The lowest BCUT2D eigenvalue weighted by molar-refractivity contribution is -0.155. The van der Waals surface area contributed by atoms with Gasteiger partial charge in [-0.2, -0.15) is 0 Å². The van der Waals surface area contributed by atoms with E-state index in [1.165, 1.54) is 6.07 Å². The molecule has 0 aliphatic rings. The van der Waals surface area contributed by atoms with Gasteiger partial charge in [0.05, 0.1) is 6.42 Å². The van der Waals surface area contributed by atoms with E-state index in [2.05, 4.69) is 4.98 Å². The summed E-state index contributed by atoms with van der Waals surface area (Å²) in [5.41, 5.74) is 1.97. The normalized spacial score (nSPS) is 13.0. The number of halogens is 1. The number of aromatic amines is 1. The smallest absolute Gasteiger partial charge is 0.307 e. The zero-order chi connectivity index (χ0) is 18.0. The lowest BCUT2D eigenvalue weighted by atomic mass is 9.92. The zero-order valence-electron chi connectivity index (χ0n) is 14.7. The molecular formula is C21H22FNO2. The molecule has 3 rings (SSSR count). The average molecular weight is 339 g/mol. The Morgan fingerprint density at radius 2 is 1.84 bits per heavy atom. The molecular weight excluding hydrogens is 317 g/mol. The number of hydrogen-bond donors (Lipinski definition) is 1. The van der Waals surface area contributed by atoms with Crippen molar-refractivity contribution in [2.75, 3.05) is 0 Å². The highest BCUT2D eigenvalue weighted by Crippen LogP contribution is 2.31. The number of fused-ring (bicyclic) bond motifs is 1. The molecule has 0 aliphatic carbocycles. The zero-order valence-corrected chi connectivity index (χ0v) is 14.7. The van der Waals surface area contributed by atoms with Crippen LogP contribution < -0.4 is 0 Å². The van der Waals surface area contributed by atoms with Crippen molar-refractivity contribution in [1.29, 1.82) is 0 Å². The van der Waals surface area contributed by atoms with Crippen LogP contribution in [0.15, 0.2) is 54.6 Å². The molecule has 0 fully saturated rings. The Balaban J connectivity index is 1.98. The van der Waals surface area contributed by atoms with Crippen molar-refractivity contribution < 1.29 is 13.9 Å². The standard InChI is InChI=1S/C21H22FNO2/c1-21(2,3)25-20(24)13-15(14-8-5-4-6-9-14)19-12-16-17(22)10-7-11-18(16)23-19/h4-12,15,23H,13H2,1-3H3. The maximum absolute atomic E-state index is 14.0. The SMILES string of the molecule is CC(C)(C)OC(=O)CC(c1ccccc1)c1cc2c(F)cccc2[nH]1. The first-order valence-electron chi connectivity index (χ1n) is 8.37. The molecule has 3 aromatic rings. The van der Waals surface area contributed by atoms with Gasteiger partial charge in [-0.15, -0.1) is 0 Å². The molecule has 25 heavy (non-hydrogen) atoms. The molecule has 0 saturated heterocycles. The summed E-state index contributed by atoms with van der Waals surface area (Å²) in [6, 6.07) is 16.5. The molecule has 1 aromatic heterocycles. The van der Waals surface area contributed by atoms with Crippen molar-refractivity contribution >= 4 is 16.9 Å². The number of H-pyrrole nitrogens is 1. The summed E-state index contributed by atoms with van der Waals surface area (Å²) in [5, 5.41) is 0.530. The summed E-state index contributed by atoms with van der Waals surface area (Å²) in [7, 11) is 0. The highest BCUT2D eigenvalue weighted by atomic mass is 19.1. The van der Waals surface area contributed by atoms with E-state index < -0.39 is 5.60 Å². The van der Waals surface area contributed by atoms with E-state index in [9.17, 15) is 9.18 Å². The van der Waals surface area contributed by atoms with E-state index in [1.807, 2.05) is 57.2 Å². The van der Waals surface area contributed by atoms with Crippen LogP contribution in [-0.4, -0.2) is 16.6 Å². The van der Waals surface area contributed by atoms with Crippen LogP contribution in [0.4, 0.5) is 4.39 Å². The average Bonchev–Trinajstić information content (AvgIpc) is 2.97. The molecule has 4 heteroatoms. The fourth-order valence-corrected chi connectivity index (χ4v) is 2.97. The maximum atomic E-state index is 14.0. The van der Waals surface area contributed by atoms with Gasteiger partial charge < -0.3 is 9.72 Å². The number of hydrogen-bond acceptors (Lipinski definition) is 2. The summed E-state index contributed by atoms with van der Waals surface area (Å²) in [6.45, 7) is 5.54. The number of rotatable bonds is 4. The van der Waals surface area contributed by atoms with E-state index in [0.29, 0.717) is 5.39 Å². The van der Waals surface area contributed by atoms with Gasteiger partial charge in [0.2, 0.25) is 0 Å². The molecule has 0 radical (unpaired) electrons. The van der Waals surface area contributed by atoms with E-state index in [-0.39, 0.29) is 24.1 Å². The number of ether oxygens (including phenoxy) is 1. The van der Waals surface area contributed by atoms with Gasteiger partial charge in [0.25, 0.3) is 0 Å². The van der Waals surface area contributed by atoms with Crippen LogP contribution in [0.2, 0.25) is 0 Å². The second kappa shape index (κ2) is 6.71. The monoisotopic (exact) mass is 339 g/mol. The predicted octanol–water partition coefficient (Wildman–Crippen LogP) is 5.17. The summed E-state index contributed by atoms with van der Waals surface area (Å²) in [6.07, 6.45) is 0.190. The van der Waals surface area contributed by atoms with Crippen LogP contribution in [0.1, 0.15) is 44.4 Å². The van der Waals surface area contributed by atoms with Crippen molar-refractivity contribution in [2.24, 2.45) is 0 Å². The first kappa shape index (κ1) is 17.2. The Hall–Kier alpha value is -2.62. The number of benzene rings is 2. The minimum Gasteiger partial charge on any atom is -0.460 e. The molecule has 1 atom stereocenters. The number of aromatic nitrogens is 1. The minimum atomic E-state index is -0.537. The molecule has 0 saturated carbocycles. The Labute approximate surface area is 146 Å². The largest absolute Gasteiger partial charge is 0.460 e. The minimum absolute atomic E-state index is 0.190. The van der Waals surface area contributed by atoms with E-state index >= 15 is 0 Å². The van der Waals surface area contributed by atoms with Gasteiger partial charge >= 0.3 is 5.97 Å². The van der Waals surface area contributed by atoms with Crippen LogP contribution in [0, 0.1) is 5.82 Å². The molecule has 1 unspecified atom stereocenters. The Morgan fingerprint density at radius 3 is 2.48 bits per heavy atom. The Morgan fingerprint density at radius 1 is 1.12 bits per heavy atom. The summed E-state index contributed by atoms with van der Waals surface area (Å²) >= 11 is 0. The van der Waals surface area contributed by atoms with Gasteiger partial charge in [0, 0.05) is 22.5 Å². The van der Waals surface area contributed by atoms with E-state index in [4.69, 9.17) is 4.74 Å². The van der Waals surface area contributed by atoms with Crippen molar-refractivity contribution in [3.8, 4) is 0 Å². The molecule has 3 nitrogen and oxygen atoms in total. The number of carbonyl (C=O) groups is 1. The summed E-state index contributed by atoms with van der Waals surface area (Å²) in [4.78, 5) is 15.6. The van der Waals surface area contributed by atoms with Crippen LogP contribution in [0.25, 0.3) is 10.9 Å². The molecule has 0 bridgehead atoms.